The van der Waals surface area contributed by atoms with Gasteiger partial charge in [-0.25, -0.2) is 4.39 Å². The van der Waals surface area contributed by atoms with E-state index in [1.807, 2.05) is 44.2 Å². The minimum atomic E-state index is -0.354. The second-order valence-corrected chi connectivity index (χ2v) is 6.04. The van der Waals surface area contributed by atoms with Crippen molar-refractivity contribution in [2.75, 3.05) is 7.11 Å². The number of rotatable bonds is 4. The van der Waals surface area contributed by atoms with Crippen molar-refractivity contribution in [1.82, 2.24) is 4.57 Å². The van der Waals surface area contributed by atoms with E-state index in [2.05, 4.69) is 10.6 Å². The Bertz CT molecular complexity index is 1010. The Balaban J connectivity index is 2.05. The zero-order valence-corrected chi connectivity index (χ0v) is 15.0. The Morgan fingerprint density at radius 3 is 2.46 bits per heavy atom. The zero-order valence-electron chi connectivity index (χ0n) is 15.0. The van der Waals surface area contributed by atoms with Crippen molar-refractivity contribution in [3.05, 3.63) is 82.9 Å². The average Bonchev–Trinajstić information content (AvgIpc) is 2.93. The molecule has 26 heavy (non-hydrogen) atoms. The van der Waals surface area contributed by atoms with Gasteiger partial charge >= 0.3 is 0 Å². The van der Waals surface area contributed by atoms with Crippen molar-refractivity contribution in [3.8, 4) is 17.5 Å². The van der Waals surface area contributed by atoms with Gasteiger partial charge in [0.2, 0.25) is 0 Å². The summed E-state index contributed by atoms with van der Waals surface area (Å²) in [6.07, 6.45) is 1.80. The summed E-state index contributed by atoms with van der Waals surface area (Å²) in [5, 5.41) is 9.51. The van der Waals surface area contributed by atoms with Gasteiger partial charge in [0.15, 0.2) is 0 Å². The van der Waals surface area contributed by atoms with E-state index in [4.69, 9.17) is 4.74 Å². The fourth-order valence-corrected chi connectivity index (χ4v) is 3.05. The first-order chi connectivity index (χ1) is 12.5. The predicted molar refractivity (Wildman–Crippen MR) is 102 cm³/mol. The highest BCUT2D eigenvalue weighted by Gasteiger charge is 2.11. The molecule has 0 saturated carbocycles. The van der Waals surface area contributed by atoms with Crippen molar-refractivity contribution in [2.24, 2.45) is 0 Å². The molecular formula is C22H19FN2O. The summed E-state index contributed by atoms with van der Waals surface area (Å²) in [5.41, 5.74) is 5.01. The molecule has 3 nitrogen and oxygen atoms in total. The van der Waals surface area contributed by atoms with Crippen LogP contribution in [0, 0.1) is 31.0 Å². The number of nitriles is 1. The number of benzene rings is 2. The third-order valence-corrected chi connectivity index (χ3v) is 4.36. The van der Waals surface area contributed by atoms with E-state index in [9.17, 15) is 9.65 Å². The SMILES string of the molecule is COc1ccc(-n2c(C)cc(/C=C(/C#N)c3cccc(F)c3)c2C)cc1. The summed E-state index contributed by atoms with van der Waals surface area (Å²) in [6, 6.07) is 18.1. The van der Waals surface area contributed by atoms with Crippen LogP contribution in [0.4, 0.5) is 4.39 Å². The minimum Gasteiger partial charge on any atom is -0.497 e. The van der Waals surface area contributed by atoms with Crippen molar-refractivity contribution < 1.29 is 9.13 Å². The molecule has 0 saturated heterocycles. The standard InChI is InChI=1S/C22H19FN2O/c1-15-11-18(12-19(14-24)17-5-4-6-20(23)13-17)16(2)25(15)21-7-9-22(26-3)10-8-21/h4-13H,1-3H3/b19-12-. The number of ether oxygens (including phenoxy) is 1. The first kappa shape index (κ1) is 17.5. The predicted octanol–water partition coefficient (Wildman–Crippen LogP) is 5.31. The van der Waals surface area contributed by atoms with Crippen LogP contribution in [-0.4, -0.2) is 11.7 Å². The molecule has 0 bridgehead atoms. The smallest absolute Gasteiger partial charge is 0.123 e. The van der Waals surface area contributed by atoms with Gasteiger partial charge in [0.25, 0.3) is 0 Å². The highest BCUT2D eigenvalue weighted by Crippen LogP contribution is 2.26. The maximum atomic E-state index is 13.5. The molecule has 0 spiro atoms. The molecule has 0 aliphatic heterocycles. The molecule has 1 heterocycles. The van der Waals surface area contributed by atoms with Crippen molar-refractivity contribution >= 4 is 11.6 Å². The molecule has 0 aliphatic carbocycles. The lowest BCUT2D eigenvalue weighted by molar-refractivity contribution is 0.414. The summed E-state index contributed by atoms with van der Waals surface area (Å²) in [4.78, 5) is 0. The summed E-state index contributed by atoms with van der Waals surface area (Å²) in [6.45, 7) is 4.02. The molecule has 2 aromatic carbocycles. The lowest BCUT2D eigenvalue weighted by Gasteiger charge is -2.10. The number of nitrogens with zero attached hydrogens (tertiary/aromatic N) is 2. The fraction of sp³-hybridized carbons (Fsp3) is 0.136. The highest BCUT2D eigenvalue weighted by molar-refractivity contribution is 5.90. The van der Waals surface area contributed by atoms with E-state index in [-0.39, 0.29) is 5.82 Å². The van der Waals surface area contributed by atoms with Crippen LogP contribution in [0.25, 0.3) is 17.3 Å². The Hall–Kier alpha value is -3.32. The van der Waals surface area contributed by atoms with Crippen LogP contribution in [0.1, 0.15) is 22.5 Å². The molecule has 0 fully saturated rings. The Labute approximate surface area is 152 Å². The van der Waals surface area contributed by atoms with Gasteiger partial charge < -0.3 is 9.30 Å². The molecule has 0 aliphatic rings. The van der Waals surface area contributed by atoms with Crippen LogP contribution in [0.2, 0.25) is 0 Å². The Morgan fingerprint density at radius 1 is 1.12 bits per heavy atom. The van der Waals surface area contributed by atoms with Gasteiger partial charge in [-0.05, 0) is 73.5 Å². The third-order valence-electron chi connectivity index (χ3n) is 4.36. The number of methoxy groups -OCH3 is 1. The molecule has 0 radical (unpaired) electrons. The summed E-state index contributed by atoms with van der Waals surface area (Å²) >= 11 is 0. The maximum Gasteiger partial charge on any atom is 0.123 e. The molecule has 130 valence electrons. The molecule has 0 amide bonds. The van der Waals surface area contributed by atoms with E-state index in [0.29, 0.717) is 11.1 Å². The van der Waals surface area contributed by atoms with Crippen LogP contribution in [-0.2, 0) is 0 Å². The van der Waals surface area contributed by atoms with E-state index in [1.165, 1.54) is 12.1 Å². The monoisotopic (exact) mass is 346 g/mol. The summed E-state index contributed by atoms with van der Waals surface area (Å²) < 4.78 is 20.8. The van der Waals surface area contributed by atoms with Crippen molar-refractivity contribution in [2.45, 2.75) is 13.8 Å². The largest absolute Gasteiger partial charge is 0.497 e. The van der Waals surface area contributed by atoms with E-state index in [0.717, 1.165) is 28.4 Å². The number of hydrogen-bond acceptors (Lipinski definition) is 2. The highest BCUT2D eigenvalue weighted by atomic mass is 19.1. The lowest BCUT2D eigenvalue weighted by atomic mass is 10.0. The van der Waals surface area contributed by atoms with Gasteiger partial charge in [0.1, 0.15) is 11.6 Å². The van der Waals surface area contributed by atoms with Gasteiger partial charge in [-0.3, -0.25) is 0 Å². The first-order valence-corrected chi connectivity index (χ1v) is 8.24. The minimum absolute atomic E-state index is 0.354. The second kappa shape index (κ2) is 7.28. The molecule has 3 rings (SSSR count). The van der Waals surface area contributed by atoms with Crippen LogP contribution in [0.3, 0.4) is 0 Å². The fourth-order valence-electron chi connectivity index (χ4n) is 3.05. The summed E-state index contributed by atoms with van der Waals surface area (Å²) in [5.74, 6) is 0.446. The van der Waals surface area contributed by atoms with Crippen LogP contribution < -0.4 is 4.74 Å². The molecular weight excluding hydrogens is 327 g/mol. The molecule has 4 heteroatoms. The molecule has 1 aromatic heterocycles. The lowest BCUT2D eigenvalue weighted by Crippen LogP contribution is -1.99. The van der Waals surface area contributed by atoms with Crippen LogP contribution >= 0.6 is 0 Å². The van der Waals surface area contributed by atoms with Gasteiger partial charge in [0.05, 0.1) is 18.8 Å². The molecule has 0 N–H and O–H groups in total. The Morgan fingerprint density at radius 2 is 1.85 bits per heavy atom. The quantitative estimate of drug-likeness (QED) is 0.601. The van der Waals surface area contributed by atoms with E-state index < -0.39 is 0 Å². The van der Waals surface area contributed by atoms with Gasteiger partial charge in [-0.15, -0.1) is 0 Å². The number of hydrogen-bond donors (Lipinski definition) is 0. The third kappa shape index (κ3) is 3.38. The number of aryl methyl sites for hydroxylation is 1. The normalized spacial score (nSPS) is 11.3. The van der Waals surface area contributed by atoms with Crippen molar-refractivity contribution in [1.29, 1.82) is 5.26 Å². The van der Waals surface area contributed by atoms with E-state index >= 15 is 0 Å². The van der Waals surface area contributed by atoms with Crippen LogP contribution in [0.15, 0.2) is 54.6 Å². The average molecular weight is 346 g/mol. The molecule has 3 aromatic rings. The first-order valence-electron chi connectivity index (χ1n) is 8.24. The van der Waals surface area contributed by atoms with Crippen LogP contribution in [0.5, 0.6) is 5.75 Å². The Kier molecular flexibility index (Phi) is 4.90. The second-order valence-electron chi connectivity index (χ2n) is 6.04. The molecule has 0 unspecified atom stereocenters. The maximum absolute atomic E-state index is 13.5. The number of halogens is 1. The summed E-state index contributed by atoms with van der Waals surface area (Å²) in [7, 11) is 1.64. The molecule has 0 atom stereocenters. The zero-order chi connectivity index (χ0) is 18.7. The number of aromatic nitrogens is 1. The van der Waals surface area contributed by atoms with Gasteiger partial charge in [-0.2, -0.15) is 5.26 Å². The van der Waals surface area contributed by atoms with Crippen molar-refractivity contribution in [3.63, 3.8) is 0 Å². The van der Waals surface area contributed by atoms with Gasteiger partial charge in [0, 0.05) is 17.1 Å². The van der Waals surface area contributed by atoms with E-state index in [1.54, 1.807) is 25.3 Å². The topological polar surface area (TPSA) is 38.0 Å². The van der Waals surface area contributed by atoms with Gasteiger partial charge in [-0.1, -0.05) is 12.1 Å². The number of allylic oxidation sites excluding steroid dienone is 1.